The van der Waals surface area contributed by atoms with Gasteiger partial charge in [0, 0.05) is 31.4 Å². The minimum atomic E-state index is 0.0163. The molecule has 2 amide bonds. The number of hydrogen-bond donors (Lipinski definition) is 1. The molecular weight excluding hydrogens is 366 g/mol. The van der Waals surface area contributed by atoms with Crippen molar-refractivity contribution >= 4 is 11.7 Å². The van der Waals surface area contributed by atoms with Crippen LogP contribution in [0.2, 0.25) is 0 Å². The Morgan fingerprint density at radius 2 is 2.00 bits per heavy atom. The Hall–Kier alpha value is -1.63. The molecule has 0 unspecified atom stereocenters. The first-order valence-electron chi connectivity index (χ1n) is 11.4. The third-order valence-corrected chi connectivity index (χ3v) is 6.37. The number of benzene rings is 1. The fourth-order valence-corrected chi connectivity index (χ4v) is 4.73. The van der Waals surface area contributed by atoms with Crippen LogP contribution >= 0.6 is 0 Å². The van der Waals surface area contributed by atoms with E-state index in [9.17, 15) is 4.79 Å². The molecule has 6 heteroatoms. The standard InChI is InChI=1S/C23H35N3O3/c27-23(26-13-6-9-21(16-26)25-11-2-3-12-25)24-20-8-5-7-19(15-20)17-28-18-22-10-1-4-14-29-22/h5,7-8,15,21-22H,1-4,6,9-14,16-18H2,(H,24,27)/t21-,22-/m0/s1. The zero-order valence-electron chi connectivity index (χ0n) is 17.5. The molecule has 3 aliphatic rings. The molecule has 29 heavy (non-hydrogen) atoms. The van der Waals surface area contributed by atoms with E-state index in [2.05, 4.69) is 10.2 Å². The highest BCUT2D eigenvalue weighted by Crippen LogP contribution is 2.21. The molecule has 0 bridgehead atoms. The van der Waals surface area contributed by atoms with E-state index in [0.29, 0.717) is 19.3 Å². The number of carbonyl (C=O) groups is 1. The van der Waals surface area contributed by atoms with Gasteiger partial charge in [-0.3, -0.25) is 4.90 Å². The first kappa shape index (κ1) is 20.6. The van der Waals surface area contributed by atoms with E-state index in [4.69, 9.17) is 9.47 Å². The molecule has 1 aromatic carbocycles. The third kappa shape index (κ3) is 5.93. The summed E-state index contributed by atoms with van der Waals surface area (Å²) in [5.74, 6) is 0. The second-order valence-electron chi connectivity index (χ2n) is 8.62. The number of ether oxygens (including phenoxy) is 2. The van der Waals surface area contributed by atoms with Crippen LogP contribution in [0.5, 0.6) is 0 Å². The van der Waals surface area contributed by atoms with Gasteiger partial charge in [0.05, 0.1) is 19.3 Å². The van der Waals surface area contributed by atoms with Crippen LogP contribution < -0.4 is 5.32 Å². The van der Waals surface area contributed by atoms with E-state index in [1.165, 1.54) is 38.8 Å². The average molecular weight is 402 g/mol. The Kier molecular flexibility index (Phi) is 7.41. The van der Waals surface area contributed by atoms with Crippen molar-refractivity contribution in [2.75, 3.05) is 44.7 Å². The van der Waals surface area contributed by atoms with Gasteiger partial charge in [0.25, 0.3) is 0 Å². The molecule has 3 fully saturated rings. The van der Waals surface area contributed by atoms with Crippen molar-refractivity contribution in [2.45, 2.75) is 63.7 Å². The van der Waals surface area contributed by atoms with Gasteiger partial charge in [-0.1, -0.05) is 12.1 Å². The maximum absolute atomic E-state index is 12.8. The first-order valence-corrected chi connectivity index (χ1v) is 11.4. The number of anilines is 1. The number of nitrogens with zero attached hydrogens (tertiary/aromatic N) is 2. The van der Waals surface area contributed by atoms with Crippen molar-refractivity contribution in [3.05, 3.63) is 29.8 Å². The van der Waals surface area contributed by atoms with Crippen LogP contribution in [-0.2, 0) is 16.1 Å². The van der Waals surface area contributed by atoms with Gasteiger partial charge in [0.2, 0.25) is 0 Å². The molecule has 3 heterocycles. The number of hydrogen-bond acceptors (Lipinski definition) is 4. The highest BCUT2D eigenvalue weighted by Gasteiger charge is 2.29. The highest BCUT2D eigenvalue weighted by molar-refractivity contribution is 5.89. The number of piperidine rings is 1. The molecule has 0 aliphatic carbocycles. The van der Waals surface area contributed by atoms with E-state index in [1.807, 2.05) is 29.2 Å². The number of carbonyl (C=O) groups excluding carboxylic acids is 1. The van der Waals surface area contributed by atoms with Crippen molar-refractivity contribution < 1.29 is 14.3 Å². The molecule has 1 N–H and O–H groups in total. The lowest BCUT2D eigenvalue weighted by Gasteiger charge is -2.37. The van der Waals surface area contributed by atoms with Gasteiger partial charge in [-0.2, -0.15) is 0 Å². The quantitative estimate of drug-likeness (QED) is 0.786. The normalized spacial score (nSPS) is 25.9. The largest absolute Gasteiger partial charge is 0.376 e. The molecule has 4 rings (SSSR count). The smallest absolute Gasteiger partial charge is 0.321 e. The summed E-state index contributed by atoms with van der Waals surface area (Å²) < 4.78 is 11.6. The van der Waals surface area contributed by atoms with E-state index in [1.54, 1.807) is 0 Å². The molecule has 0 radical (unpaired) electrons. The molecule has 0 spiro atoms. The summed E-state index contributed by atoms with van der Waals surface area (Å²) in [4.78, 5) is 17.4. The van der Waals surface area contributed by atoms with E-state index in [-0.39, 0.29) is 12.1 Å². The molecule has 3 aliphatic heterocycles. The molecule has 3 saturated heterocycles. The van der Waals surface area contributed by atoms with Gasteiger partial charge in [0.1, 0.15) is 0 Å². The predicted octanol–water partition coefficient (Wildman–Crippen LogP) is 3.86. The average Bonchev–Trinajstić information content (AvgIpc) is 3.30. The Morgan fingerprint density at radius 3 is 2.83 bits per heavy atom. The van der Waals surface area contributed by atoms with Gasteiger partial charge in [0.15, 0.2) is 0 Å². The number of nitrogens with one attached hydrogen (secondary N) is 1. The van der Waals surface area contributed by atoms with Crippen molar-refractivity contribution in [3.63, 3.8) is 0 Å². The zero-order chi connectivity index (χ0) is 19.9. The Balaban J connectivity index is 1.25. The lowest BCUT2D eigenvalue weighted by molar-refractivity contribution is -0.0447. The summed E-state index contributed by atoms with van der Waals surface area (Å²) in [7, 11) is 0. The SMILES string of the molecule is O=C(Nc1cccc(COC[C@@H]2CCCCO2)c1)N1CCC[C@H](N2CCCC2)C1. The van der Waals surface area contributed by atoms with Gasteiger partial charge < -0.3 is 19.7 Å². The number of rotatable bonds is 6. The van der Waals surface area contributed by atoms with Gasteiger partial charge in [-0.15, -0.1) is 0 Å². The van der Waals surface area contributed by atoms with Crippen LogP contribution in [-0.4, -0.2) is 67.4 Å². The summed E-state index contributed by atoms with van der Waals surface area (Å²) in [5, 5.41) is 3.09. The summed E-state index contributed by atoms with van der Waals surface area (Å²) in [6.07, 6.45) is 8.60. The lowest BCUT2D eigenvalue weighted by Crippen LogP contribution is -2.50. The zero-order valence-corrected chi connectivity index (χ0v) is 17.5. The molecule has 0 saturated carbocycles. The minimum Gasteiger partial charge on any atom is -0.376 e. The van der Waals surface area contributed by atoms with Crippen LogP contribution in [0.3, 0.4) is 0 Å². The number of amides is 2. The van der Waals surface area contributed by atoms with Crippen LogP contribution in [0, 0.1) is 0 Å². The first-order chi connectivity index (χ1) is 14.3. The van der Waals surface area contributed by atoms with Crippen molar-refractivity contribution in [3.8, 4) is 0 Å². The fraction of sp³-hybridized carbons (Fsp3) is 0.696. The Morgan fingerprint density at radius 1 is 1.10 bits per heavy atom. The number of urea groups is 1. The van der Waals surface area contributed by atoms with Crippen LogP contribution in [0.15, 0.2) is 24.3 Å². The Labute approximate surface area is 174 Å². The summed E-state index contributed by atoms with van der Waals surface area (Å²) in [6.45, 7) is 6.11. The lowest BCUT2D eigenvalue weighted by atomic mass is 10.0. The maximum atomic E-state index is 12.8. The minimum absolute atomic E-state index is 0.0163. The monoisotopic (exact) mass is 401 g/mol. The van der Waals surface area contributed by atoms with Crippen LogP contribution in [0.25, 0.3) is 0 Å². The van der Waals surface area contributed by atoms with E-state index >= 15 is 0 Å². The van der Waals surface area contributed by atoms with E-state index in [0.717, 1.165) is 50.2 Å². The molecule has 0 aromatic heterocycles. The third-order valence-electron chi connectivity index (χ3n) is 6.37. The van der Waals surface area contributed by atoms with Crippen LogP contribution in [0.1, 0.15) is 50.5 Å². The van der Waals surface area contributed by atoms with Gasteiger partial charge in [-0.05, 0) is 75.7 Å². The Bertz CT molecular complexity index is 657. The van der Waals surface area contributed by atoms with Gasteiger partial charge >= 0.3 is 6.03 Å². The van der Waals surface area contributed by atoms with Crippen molar-refractivity contribution in [2.24, 2.45) is 0 Å². The summed E-state index contributed by atoms with van der Waals surface area (Å²) in [5.41, 5.74) is 1.92. The second kappa shape index (κ2) is 10.4. The molecule has 2 atom stereocenters. The molecule has 1 aromatic rings. The molecule has 6 nitrogen and oxygen atoms in total. The summed E-state index contributed by atoms with van der Waals surface area (Å²) in [6, 6.07) is 8.53. The second-order valence-corrected chi connectivity index (χ2v) is 8.62. The topological polar surface area (TPSA) is 54.0 Å². The summed E-state index contributed by atoms with van der Waals surface area (Å²) >= 11 is 0. The molecular formula is C23H35N3O3. The number of likely N-dealkylation sites (tertiary alicyclic amines) is 2. The van der Waals surface area contributed by atoms with Crippen molar-refractivity contribution in [1.82, 2.24) is 9.80 Å². The molecule has 160 valence electrons. The van der Waals surface area contributed by atoms with Crippen LogP contribution in [0.4, 0.5) is 10.5 Å². The maximum Gasteiger partial charge on any atom is 0.321 e. The van der Waals surface area contributed by atoms with Gasteiger partial charge in [-0.25, -0.2) is 4.79 Å². The fourth-order valence-electron chi connectivity index (χ4n) is 4.73. The van der Waals surface area contributed by atoms with Crippen molar-refractivity contribution in [1.29, 1.82) is 0 Å². The predicted molar refractivity (Wildman–Crippen MR) is 114 cm³/mol. The highest BCUT2D eigenvalue weighted by atomic mass is 16.5. The van der Waals surface area contributed by atoms with E-state index < -0.39 is 0 Å².